The number of nitrogens with one attached hydrogen (secondary N) is 1. The second-order valence-electron chi connectivity index (χ2n) is 4.25. The van der Waals surface area contributed by atoms with Gasteiger partial charge >= 0.3 is 0 Å². The molecule has 3 rings (SSSR count). The average molecular weight is 300 g/mol. The number of anilines is 1. The van der Waals surface area contributed by atoms with Gasteiger partial charge in [0.2, 0.25) is 5.88 Å². The van der Waals surface area contributed by atoms with Crippen LogP contribution in [0.2, 0.25) is 5.02 Å². The monoisotopic (exact) mass is 299 g/mol. The summed E-state index contributed by atoms with van der Waals surface area (Å²) < 4.78 is 5.09. The Morgan fingerprint density at radius 2 is 1.90 bits per heavy atom. The Morgan fingerprint density at radius 3 is 2.62 bits per heavy atom. The Bertz CT molecular complexity index is 754. The fourth-order valence-electron chi connectivity index (χ4n) is 1.75. The van der Waals surface area contributed by atoms with Crippen molar-refractivity contribution in [1.29, 1.82) is 0 Å². The summed E-state index contributed by atoms with van der Waals surface area (Å²) in [4.78, 5) is 16.2. The Morgan fingerprint density at radius 1 is 1.10 bits per heavy atom. The predicted molar refractivity (Wildman–Crippen MR) is 79.1 cm³/mol. The highest BCUT2D eigenvalue weighted by atomic mass is 35.5. The first-order chi connectivity index (χ1) is 10.2. The zero-order chi connectivity index (χ0) is 14.7. The molecular formula is C15H10ClN3O2. The lowest BCUT2D eigenvalue weighted by atomic mass is 10.2. The van der Waals surface area contributed by atoms with Gasteiger partial charge in [-0.05, 0) is 36.4 Å². The molecule has 0 atom stereocenters. The van der Waals surface area contributed by atoms with Crippen molar-refractivity contribution in [3.05, 3.63) is 65.3 Å². The van der Waals surface area contributed by atoms with E-state index < -0.39 is 0 Å². The van der Waals surface area contributed by atoms with E-state index in [-0.39, 0.29) is 11.8 Å². The minimum absolute atomic E-state index is 0.260. The Labute approximate surface area is 125 Å². The molecular weight excluding hydrogens is 290 g/mol. The number of nitrogens with zero attached hydrogens (tertiary/aromatic N) is 2. The van der Waals surface area contributed by atoms with Crippen LogP contribution in [-0.4, -0.2) is 16.0 Å². The number of hydrogen-bond acceptors (Lipinski definition) is 4. The summed E-state index contributed by atoms with van der Waals surface area (Å²) in [5.74, 6) is -0.0361. The molecule has 0 radical (unpaired) electrons. The van der Waals surface area contributed by atoms with Crippen LogP contribution in [0.5, 0.6) is 0 Å². The highest BCUT2D eigenvalue weighted by Crippen LogP contribution is 2.20. The molecule has 104 valence electrons. The summed E-state index contributed by atoms with van der Waals surface area (Å²) in [6, 6.07) is 13.7. The maximum absolute atomic E-state index is 12.0. The third-order valence-corrected chi connectivity index (χ3v) is 3.03. The second-order valence-corrected chi connectivity index (χ2v) is 4.69. The summed E-state index contributed by atoms with van der Waals surface area (Å²) in [7, 11) is 0. The lowest BCUT2D eigenvalue weighted by Crippen LogP contribution is -2.10. The van der Waals surface area contributed by atoms with Crippen LogP contribution < -0.4 is 5.32 Å². The van der Waals surface area contributed by atoms with Crippen molar-refractivity contribution >= 4 is 23.4 Å². The molecule has 0 aliphatic carbocycles. The van der Waals surface area contributed by atoms with Gasteiger partial charge in [0.25, 0.3) is 5.91 Å². The van der Waals surface area contributed by atoms with Crippen molar-refractivity contribution < 1.29 is 9.32 Å². The van der Waals surface area contributed by atoms with Gasteiger partial charge in [-0.1, -0.05) is 22.8 Å². The zero-order valence-corrected chi connectivity index (χ0v) is 11.5. The quantitative estimate of drug-likeness (QED) is 0.801. The van der Waals surface area contributed by atoms with Crippen LogP contribution in [-0.2, 0) is 0 Å². The van der Waals surface area contributed by atoms with E-state index in [1.807, 2.05) is 18.2 Å². The Hall–Kier alpha value is -2.66. The number of halogens is 1. The van der Waals surface area contributed by atoms with E-state index in [1.54, 1.807) is 36.5 Å². The van der Waals surface area contributed by atoms with Gasteiger partial charge in [-0.2, -0.15) is 0 Å². The Balaban J connectivity index is 1.75. The van der Waals surface area contributed by atoms with E-state index in [1.165, 1.54) is 0 Å². The van der Waals surface area contributed by atoms with Gasteiger partial charge < -0.3 is 4.52 Å². The van der Waals surface area contributed by atoms with E-state index in [0.717, 1.165) is 0 Å². The molecule has 3 aromatic rings. The molecule has 1 aromatic carbocycles. The van der Waals surface area contributed by atoms with E-state index in [9.17, 15) is 4.79 Å². The number of benzene rings is 1. The maximum Gasteiger partial charge on any atom is 0.258 e. The molecule has 1 amide bonds. The van der Waals surface area contributed by atoms with Crippen LogP contribution in [0.25, 0.3) is 11.4 Å². The summed E-state index contributed by atoms with van der Waals surface area (Å²) >= 11 is 5.78. The molecule has 2 heterocycles. The third kappa shape index (κ3) is 3.09. The van der Waals surface area contributed by atoms with Gasteiger partial charge in [0, 0.05) is 22.8 Å². The van der Waals surface area contributed by atoms with E-state index in [4.69, 9.17) is 16.1 Å². The third-order valence-electron chi connectivity index (χ3n) is 2.78. The van der Waals surface area contributed by atoms with Crippen molar-refractivity contribution in [3.63, 3.8) is 0 Å². The molecule has 0 unspecified atom stereocenters. The summed E-state index contributed by atoms with van der Waals surface area (Å²) in [6.07, 6.45) is 1.66. The fourth-order valence-corrected chi connectivity index (χ4v) is 1.88. The van der Waals surface area contributed by atoms with Crippen molar-refractivity contribution in [2.45, 2.75) is 0 Å². The topological polar surface area (TPSA) is 68.0 Å². The van der Waals surface area contributed by atoms with E-state index in [0.29, 0.717) is 22.0 Å². The number of hydrogen-bond donors (Lipinski definition) is 1. The van der Waals surface area contributed by atoms with Crippen molar-refractivity contribution in [1.82, 2.24) is 10.1 Å². The first-order valence-electron chi connectivity index (χ1n) is 6.17. The summed E-state index contributed by atoms with van der Waals surface area (Å²) in [5, 5.41) is 7.08. The van der Waals surface area contributed by atoms with Crippen LogP contribution in [0.1, 0.15) is 10.4 Å². The normalized spacial score (nSPS) is 10.3. The van der Waals surface area contributed by atoms with Crippen LogP contribution in [0, 0.1) is 0 Å². The van der Waals surface area contributed by atoms with Crippen LogP contribution >= 0.6 is 11.6 Å². The number of rotatable bonds is 3. The molecule has 5 nitrogen and oxygen atoms in total. The molecule has 0 aliphatic rings. The smallest absolute Gasteiger partial charge is 0.258 e. The van der Waals surface area contributed by atoms with E-state index in [2.05, 4.69) is 15.5 Å². The van der Waals surface area contributed by atoms with Crippen molar-refractivity contribution in [3.8, 4) is 11.4 Å². The predicted octanol–water partition coefficient (Wildman–Crippen LogP) is 3.64. The molecule has 2 aromatic heterocycles. The molecule has 1 N–H and O–H groups in total. The standard InChI is InChI=1S/C15H10ClN3O2/c16-11-6-4-10(5-7-11)15(20)18-14-9-13(19-21-14)12-3-1-2-8-17-12/h1-9H,(H,18,20). The lowest BCUT2D eigenvalue weighted by Gasteiger charge is -2.00. The minimum atomic E-state index is -0.296. The zero-order valence-electron chi connectivity index (χ0n) is 10.8. The van der Waals surface area contributed by atoms with Gasteiger partial charge in [0.15, 0.2) is 0 Å². The molecule has 21 heavy (non-hydrogen) atoms. The number of amides is 1. The first-order valence-corrected chi connectivity index (χ1v) is 6.55. The largest absolute Gasteiger partial charge is 0.338 e. The highest BCUT2D eigenvalue weighted by molar-refractivity contribution is 6.30. The van der Waals surface area contributed by atoms with Gasteiger partial charge in [-0.3, -0.25) is 15.1 Å². The lowest BCUT2D eigenvalue weighted by molar-refractivity contribution is 0.102. The number of pyridine rings is 1. The molecule has 0 saturated carbocycles. The summed E-state index contributed by atoms with van der Waals surface area (Å²) in [6.45, 7) is 0. The second kappa shape index (κ2) is 5.76. The number of carbonyl (C=O) groups is 1. The molecule has 0 spiro atoms. The van der Waals surface area contributed by atoms with E-state index >= 15 is 0 Å². The minimum Gasteiger partial charge on any atom is -0.338 e. The van der Waals surface area contributed by atoms with Gasteiger partial charge in [-0.15, -0.1) is 0 Å². The van der Waals surface area contributed by atoms with Crippen LogP contribution in [0.4, 0.5) is 5.88 Å². The molecule has 0 aliphatic heterocycles. The first kappa shape index (κ1) is 13.3. The molecule has 6 heteroatoms. The highest BCUT2D eigenvalue weighted by Gasteiger charge is 2.11. The van der Waals surface area contributed by atoms with Gasteiger partial charge in [0.1, 0.15) is 5.69 Å². The maximum atomic E-state index is 12.0. The van der Waals surface area contributed by atoms with Crippen LogP contribution in [0.15, 0.2) is 59.3 Å². The van der Waals surface area contributed by atoms with Gasteiger partial charge in [-0.25, -0.2) is 0 Å². The Kier molecular flexibility index (Phi) is 3.66. The summed E-state index contributed by atoms with van der Waals surface area (Å²) in [5.41, 5.74) is 1.71. The average Bonchev–Trinajstić information content (AvgIpc) is 2.97. The number of carbonyl (C=O) groups excluding carboxylic acids is 1. The van der Waals surface area contributed by atoms with Crippen molar-refractivity contribution in [2.75, 3.05) is 5.32 Å². The fraction of sp³-hybridized carbons (Fsp3) is 0. The molecule has 0 bridgehead atoms. The molecule has 0 fully saturated rings. The SMILES string of the molecule is O=C(Nc1cc(-c2ccccn2)no1)c1ccc(Cl)cc1. The van der Waals surface area contributed by atoms with Crippen LogP contribution in [0.3, 0.4) is 0 Å². The molecule has 0 saturated heterocycles. The number of aromatic nitrogens is 2. The van der Waals surface area contributed by atoms with Crippen molar-refractivity contribution in [2.24, 2.45) is 0 Å². The van der Waals surface area contributed by atoms with Gasteiger partial charge in [0.05, 0.1) is 5.69 Å².